The van der Waals surface area contributed by atoms with E-state index in [1.54, 1.807) is 0 Å². The Kier molecular flexibility index (Phi) is 5.38. The van der Waals surface area contributed by atoms with Crippen molar-refractivity contribution in [2.24, 2.45) is 16.8 Å². The first kappa shape index (κ1) is 14.8. The number of nitrogens with two attached hydrogens (primary N) is 1. The van der Waals surface area contributed by atoms with Gasteiger partial charge in [-0.25, -0.2) is 0 Å². The fourth-order valence-corrected chi connectivity index (χ4v) is 2.82. The summed E-state index contributed by atoms with van der Waals surface area (Å²) in [5, 5.41) is 25.2. The molecule has 1 aliphatic rings. The van der Waals surface area contributed by atoms with Gasteiger partial charge in [0.05, 0.1) is 12.0 Å². The van der Waals surface area contributed by atoms with E-state index in [1.165, 1.54) is 0 Å². The Morgan fingerprint density at radius 2 is 2.10 bits per heavy atom. The van der Waals surface area contributed by atoms with E-state index < -0.39 is 0 Å². The van der Waals surface area contributed by atoms with Gasteiger partial charge in [-0.05, 0) is 24.3 Å². The molecule has 0 spiro atoms. The molecular weight excluding hydrogens is 254 g/mol. The number of oxime groups is 1. The van der Waals surface area contributed by atoms with Crippen LogP contribution in [0.1, 0.15) is 30.7 Å². The average Bonchev–Trinajstić information content (AvgIpc) is 2.89. The van der Waals surface area contributed by atoms with Gasteiger partial charge in [0, 0.05) is 13.1 Å². The molecule has 110 valence electrons. The monoisotopic (exact) mass is 277 g/mol. The second-order valence-electron chi connectivity index (χ2n) is 5.40. The molecule has 5 heteroatoms. The maximum absolute atomic E-state index is 9.80. The van der Waals surface area contributed by atoms with Crippen molar-refractivity contribution in [1.82, 2.24) is 5.32 Å². The SMILES string of the molecule is NC(=NO)C(CNCC1CCCC1O)c1ccccc1. The van der Waals surface area contributed by atoms with E-state index in [4.69, 9.17) is 10.9 Å². The van der Waals surface area contributed by atoms with Crippen LogP contribution in [0.2, 0.25) is 0 Å². The third-order valence-electron chi connectivity index (χ3n) is 4.05. The van der Waals surface area contributed by atoms with Gasteiger partial charge in [-0.15, -0.1) is 0 Å². The summed E-state index contributed by atoms with van der Waals surface area (Å²) in [6.45, 7) is 1.37. The standard InChI is InChI=1S/C15H23N3O2/c16-15(18-20)13(11-5-2-1-3-6-11)10-17-9-12-7-4-8-14(12)19/h1-3,5-6,12-14,17,19-20H,4,7-10H2,(H2,16,18). The summed E-state index contributed by atoms with van der Waals surface area (Å²) in [6.07, 6.45) is 2.86. The van der Waals surface area contributed by atoms with E-state index >= 15 is 0 Å². The molecule has 0 radical (unpaired) electrons. The molecule has 0 aromatic heterocycles. The lowest BCUT2D eigenvalue weighted by molar-refractivity contribution is 0.132. The van der Waals surface area contributed by atoms with E-state index in [-0.39, 0.29) is 17.9 Å². The van der Waals surface area contributed by atoms with Gasteiger partial charge in [-0.3, -0.25) is 0 Å². The van der Waals surface area contributed by atoms with E-state index in [9.17, 15) is 5.11 Å². The number of aliphatic hydroxyl groups is 1. The molecule has 3 unspecified atom stereocenters. The number of nitrogens with one attached hydrogen (secondary N) is 1. The molecule has 2 rings (SSSR count). The van der Waals surface area contributed by atoms with Crippen molar-refractivity contribution in [2.45, 2.75) is 31.3 Å². The molecule has 5 nitrogen and oxygen atoms in total. The van der Waals surface area contributed by atoms with Crippen molar-refractivity contribution in [2.75, 3.05) is 13.1 Å². The number of rotatable bonds is 6. The third kappa shape index (κ3) is 3.71. The van der Waals surface area contributed by atoms with E-state index in [2.05, 4.69) is 10.5 Å². The molecule has 0 saturated heterocycles. The molecule has 1 fully saturated rings. The van der Waals surface area contributed by atoms with Crippen LogP contribution in [0.4, 0.5) is 0 Å². The summed E-state index contributed by atoms with van der Waals surface area (Å²) < 4.78 is 0. The first-order valence-electron chi connectivity index (χ1n) is 7.13. The molecule has 3 atom stereocenters. The molecule has 0 heterocycles. The summed E-state index contributed by atoms with van der Waals surface area (Å²) in [6, 6.07) is 9.75. The molecule has 1 aromatic rings. The zero-order valence-corrected chi connectivity index (χ0v) is 11.6. The maximum atomic E-state index is 9.80. The Bertz CT molecular complexity index is 436. The highest BCUT2D eigenvalue weighted by atomic mass is 16.4. The van der Waals surface area contributed by atoms with Crippen LogP contribution >= 0.6 is 0 Å². The molecule has 0 bridgehead atoms. The van der Waals surface area contributed by atoms with Crippen LogP contribution in [0, 0.1) is 5.92 Å². The highest BCUT2D eigenvalue weighted by Gasteiger charge is 2.25. The first-order chi connectivity index (χ1) is 9.72. The second-order valence-corrected chi connectivity index (χ2v) is 5.40. The average molecular weight is 277 g/mol. The third-order valence-corrected chi connectivity index (χ3v) is 4.05. The Balaban J connectivity index is 1.92. The van der Waals surface area contributed by atoms with Crippen LogP contribution < -0.4 is 11.1 Å². The number of amidine groups is 1. The summed E-state index contributed by atoms with van der Waals surface area (Å²) in [7, 11) is 0. The van der Waals surface area contributed by atoms with Crippen molar-refractivity contribution in [3.05, 3.63) is 35.9 Å². The van der Waals surface area contributed by atoms with Crippen LogP contribution in [0.3, 0.4) is 0 Å². The van der Waals surface area contributed by atoms with Crippen LogP contribution in [0.25, 0.3) is 0 Å². The molecular formula is C15H23N3O2. The fraction of sp³-hybridized carbons (Fsp3) is 0.533. The summed E-state index contributed by atoms with van der Waals surface area (Å²) in [5.41, 5.74) is 6.80. The van der Waals surface area contributed by atoms with E-state index in [0.717, 1.165) is 31.4 Å². The Morgan fingerprint density at radius 1 is 1.35 bits per heavy atom. The summed E-state index contributed by atoms with van der Waals surface area (Å²) >= 11 is 0. The zero-order valence-electron chi connectivity index (χ0n) is 11.6. The Hall–Kier alpha value is -1.59. The minimum absolute atomic E-state index is 0.153. The zero-order chi connectivity index (χ0) is 14.4. The summed E-state index contributed by atoms with van der Waals surface area (Å²) in [5.74, 6) is 0.370. The fourth-order valence-electron chi connectivity index (χ4n) is 2.82. The maximum Gasteiger partial charge on any atom is 0.147 e. The van der Waals surface area contributed by atoms with Crippen LogP contribution in [-0.4, -0.2) is 35.3 Å². The predicted octanol–water partition coefficient (Wildman–Crippen LogP) is 1.27. The minimum atomic E-state index is -0.193. The van der Waals surface area contributed by atoms with Crippen LogP contribution in [0.15, 0.2) is 35.5 Å². The summed E-state index contributed by atoms with van der Waals surface area (Å²) in [4.78, 5) is 0. The smallest absolute Gasteiger partial charge is 0.147 e. The van der Waals surface area contributed by atoms with Gasteiger partial charge in [-0.2, -0.15) is 0 Å². The van der Waals surface area contributed by atoms with Crippen molar-refractivity contribution >= 4 is 5.84 Å². The quantitative estimate of drug-likeness (QED) is 0.273. The van der Waals surface area contributed by atoms with Crippen molar-refractivity contribution in [1.29, 1.82) is 0 Å². The van der Waals surface area contributed by atoms with E-state index in [0.29, 0.717) is 12.5 Å². The van der Waals surface area contributed by atoms with Crippen molar-refractivity contribution < 1.29 is 10.3 Å². The van der Waals surface area contributed by atoms with Gasteiger partial charge < -0.3 is 21.4 Å². The van der Waals surface area contributed by atoms with Crippen LogP contribution in [0.5, 0.6) is 0 Å². The number of benzene rings is 1. The predicted molar refractivity (Wildman–Crippen MR) is 78.8 cm³/mol. The molecule has 20 heavy (non-hydrogen) atoms. The van der Waals surface area contributed by atoms with Gasteiger partial charge in [0.2, 0.25) is 0 Å². The minimum Gasteiger partial charge on any atom is -0.409 e. The molecule has 0 amide bonds. The lowest BCUT2D eigenvalue weighted by Gasteiger charge is -2.20. The molecule has 0 aliphatic heterocycles. The number of nitrogens with zero attached hydrogens (tertiary/aromatic N) is 1. The van der Waals surface area contributed by atoms with Crippen molar-refractivity contribution in [3.63, 3.8) is 0 Å². The molecule has 1 saturated carbocycles. The first-order valence-corrected chi connectivity index (χ1v) is 7.13. The number of hydrogen-bond donors (Lipinski definition) is 4. The highest BCUT2D eigenvalue weighted by Crippen LogP contribution is 2.25. The lowest BCUT2D eigenvalue weighted by atomic mass is 9.97. The molecule has 5 N–H and O–H groups in total. The number of aliphatic hydroxyl groups excluding tert-OH is 1. The van der Waals surface area contributed by atoms with Gasteiger partial charge in [0.15, 0.2) is 0 Å². The second kappa shape index (κ2) is 7.26. The molecule has 1 aliphatic carbocycles. The topological polar surface area (TPSA) is 90.9 Å². The highest BCUT2D eigenvalue weighted by molar-refractivity contribution is 5.87. The lowest BCUT2D eigenvalue weighted by Crippen LogP contribution is -2.35. The molecule has 1 aromatic carbocycles. The van der Waals surface area contributed by atoms with Gasteiger partial charge >= 0.3 is 0 Å². The van der Waals surface area contributed by atoms with E-state index in [1.807, 2.05) is 30.3 Å². The Morgan fingerprint density at radius 3 is 2.70 bits per heavy atom. The van der Waals surface area contributed by atoms with Gasteiger partial charge in [0.25, 0.3) is 0 Å². The Labute approximate surface area is 119 Å². The largest absolute Gasteiger partial charge is 0.409 e. The van der Waals surface area contributed by atoms with Crippen LogP contribution in [-0.2, 0) is 0 Å². The van der Waals surface area contributed by atoms with Gasteiger partial charge in [0.1, 0.15) is 5.84 Å². The normalized spacial score (nSPS) is 24.8. The van der Waals surface area contributed by atoms with Gasteiger partial charge in [-0.1, -0.05) is 41.9 Å². The number of hydrogen-bond acceptors (Lipinski definition) is 4. The van der Waals surface area contributed by atoms with Crippen molar-refractivity contribution in [3.8, 4) is 0 Å².